The molecule has 0 unspecified atom stereocenters. The first-order chi connectivity index (χ1) is 9.70. The van der Waals surface area contributed by atoms with Gasteiger partial charge in [0.25, 0.3) is 5.91 Å². The van der Waals surface area contributed by atoms with Gasteiger partial charge in [0.05, 0.1) is 19.4 Å². The third kappa shape index (κ3) is 3.86. The van der Waals surface area contributed by atoms with Crippen LogP contribution in [0.15, 0.2) is 23.7 Å². The Morgan fingerprint density at radius 3 is 3.10 bits per heavy atom. The minimum Gasteiger partial charge on any atom is -0.394 e. The lowest BCUT2D eigenvalue weighted by atomic mass is 10.3. The van der Waals surface area contributed by atoms with E-state index >= 15 is 0 Å². The molecule has 108 valence electrons. The number of aliphatic hydroxyl groups excluding tert-OH is 1. The van der Waals surface area contributed by atoms with E-state index in [9.17, 15) is 4.79 Å². The molecule has 0 spiro atoms. The van der Waals surface area contributed by atoms with Gasteiger partial charge in [-0.2, -0.15) is 0 Å². The first-order valence-electron chi connectivity index (χ1n) is 6.11. The number of amides is 1. The predicted molar refractivity (Wildman–Crippen MR) is 73.4 cm³/mol. The second-order valence-corrected chi connectivity index (χ2v) is 5.07. The van der Waals surface area contributed by atoms with Gasteiger partial charge in [-0.25, -0.2) is 0 Å². The van der Waals surface area contributed by atoms with Crippen LogP contribution in [0.3, 0.4) is 0 Å². The maximum atomic E-state index is 11.9. The summed E-state index contributed by atoms with van der Waals surface area (Å²) in [6.07, 6.45) is 1.27. The van der Waals surface area contributed by atoms with Crippen molar-refractivity contribution in [3.8, 4) is 0 Å². The van der Waals surface area contributed by atoms with Gasteiger partial charge in [0.15, 0.2) is 5.69 Å². The zero-order chi connectivity index (χ0) is 14.4. The lowest BCUT2D eigenvalue weighted by Crippen LogP contribution is -2.30. The van der Waals surface area contributed by atoms with Crippen LogP contribution in [0.4, 0.5) is 0 Å². The van der Waals surface area contributed by atoms with Crippen molar-refractivity contribution in [2.24, 2.45) is 7.05 Å². The van der Waals surface area contributed by atoms with Crippen LogP contribution in [-0.4, -0.2) is 45.8 Å². The minimum atomic E-state index is -0.299. The quantitative estimate of drug-likeness (QED) is 0.770. The summed E-state index contributed by atoms with van der Waals surface area (Å²) in [6.45, 7) is 0.486. The van der Waals surface area contributed by atoms with Crippen molar-refractivity contribution in [2.75, 3.05) is 19.8 Å². The van der Waals surface area contributed by atoms with Gasteiger partial charge in [0.2, 0.25) is 0 Å². The normalized spacial score (nSPS) is 12.3. The van der Waals surface area contributed by atoms with Gasteiger partial charge in [-0.3, -0.25) is 9.48 Å². The number of thiophene rings is 1. The molecule has 0 bridgehead atoms. The summed E-state index contributed by atoms with van der Waals surface area (Å²) in [7, 11) is 1.70. The maximum absolute atomic E-state index is 11.9. The van der Waals surface area contributed by atoms with E-state index in [2.05, 4.69) is 15.6 Å². The molecule has 0 aromatic carbocycles. The van der Waals surface area contributed by atoms with Gasteiger partial charge >= 0.3 is 0 Å². The molecule has 0 radical (unpaired) electrons. The lowest BCUT2D eigenvalue weighted by molar-refractivity contribution is 0.0295. The highest BCUT2D eigenvalue weighted by molar-refractivity contribution is 7.10. The minimum absolute atomic E-state index is 0.0556. The molecule has 8 heteroatoms. The zero-order valence-corrected chi connectivity index (χ0v) is 11.8. The second-order valence-electron chi connectivity index (χ2n) is 4.09. The van der Waals surface area contributed by atoms with Gasteiger partial charge < -0.3 is 15.2 Å². The average Bonchev–Trinajstić information content (AvgIpc) is 3.10. The van der Waals surface area contributed by atoms with Gasteiger partial charge in [-0.15, -0.1) is 16.4 Å². The number of rotatable bonds is 7. The fraction of sp³-hybridized carbons (Fsp3) is 0.417. The Balaban J connectivity index is 1.93. The summed E-state index contributed by atoms with van der Waals surface area (Å²) in [5, 5.41) is 21.0. The molecule has 2 heterocycles. The van der Waals surface area contributed by atoms with E-state index in [1.807, 2.05) is 17.5 Å². The van der Waals surface area contributed by atoms with Crippen LogP contribution in [0.1, 0.15) is 21.5 Å². The summed E-state index contributed by atoms with van der Waals surface area (Å²) >= 11 is 1.54. The Hall–Kier alpha value is -1.77. The van der Waals surface area contributed by atoms with Crippen molar-refractivity contribution >= 4 is 17.2 Å². The Morgan fingerprint density at radius 2 is 2.50 bits per heavy atom. The van der Waals surface area contributed by atoms with Gasteiger partial charge in [0.1, 0.15) is 6.10 Å². The molecule has 0 aliphatic rings. The van der Waals surface area contributed by atoms with E-state index in [1.54, 1.807) is 24.6 Å². The molecule has 0 aliphatic carbocycles. The molecule has 2 N–H and O–H groups in total. The molecule has 0 saturated carbocycles. The highest BCUT2D eigenvalue weighted by Gasteiger charge is 2.16. The molecule has 1 amide bonds. The highest BCUT2D eigenvalue weighted by Crippen LogP contribution is 2.21. The Labute approximate surface area is 120 Å². The number of ether oxygens (including phenoxy) is 1. The number of nitrogens with one attached hydrogen (secondary N) is 1. The average molecular weight is 296 g/mol. The molecule has 2 aromatic heterocycles. The summed E-state index contributed by atoms with van der Waals surface area (Å²) in [6, 6.07) is 3.85. The number of hydrogen-bond donors (Lipinski definition) is 2. The van der Waals surface area contributed by atoms with Crippen LogP contribution in [0.25, 0.3) is 0 Å². The van der Waals surface area contributed by atoms with Crippen LogP contribution in [0.2, 0.25) is 0 Å². The van der Waals surface area contributed by atoms with Crippen LogP contribution in [0, 0.1) is 0 Å². The summed E-state index contributed by atoms with van der Waals surface area (Å²) in [5.74, 6) is -0.299. The maximum Gasteiger partial charge on any atom is 0.273 e. The molecule has 2 aromatic rings. The Morgan fingerprint density at radius 1 is 1.65 bits per heavy atom. The van der Waals surface area contributed by atoms with Crippen LogP contribution < -0.4 is 5.32 Å². The van der Waals surface area contributed by atoms with Crippen molar-refractivity contribution < 1.29 is 14.6 Å². The molecule has 0 aliphatic heterocycles. The fourth-order valence-electron chi connectivity index (χ4n) is 1.64. The molecular formula is C12H16N4O3S. The van der Waals surface area contributed by atoms with Gasteiger partial charge in [-0.05, 0) is 11.4 Å². The van der Waals surface area contributed by atoms with Crippen molar-refractivity contribution in [2.45, 2.75) is 6.10 Å². The monoisotopic (exact) mass is 296 g/mol. The fourth-order valence-corrected chi connectivity index (χ4v) is 2.41. The molecule has 2 rings (SSSR count). The van der Waals surface area contributed by atoms with E-state index in [0.29, 0.717) is 6.54 Å². The Bertz CT molecular complexity index is 541. The highest BCUT2D eigenvalue weighted by atomic mass is 32.1. The van der Waals surface area contributed by atoms with Crippen LogP contribution >= 0.6 is 11.3 Å². The first kappa shape index (κ1) is 14.6. The van der Waals surface area contributed by atoms with E-state index in [4.69, 9.17) is 9.84 Å². The zero-order valence-electron chi connectivity index (χ0n) is 11.0. The second kappa shape index (κ2) is 7.13. The van der Waals surface area contributed by atoms with Crippen molar-refractivity contribution in [1.29, 1.82) is 0 Å². The summed E-state index contributed by atoms with van der Waals surface area (Å²) < 4.78 is 7.00. The lowest BCUT2D eigenvalue weighted by Gasteiger charge is -2.16. The number of carbonyl (C=O) groups is 1. The first-order valence-corrected chi connectivity index (χ1v) is 6.99. The number of hydrogen-bond acceptors (Lipinski definition) is 6. The number of carbonyl (C=O) groups excluding carboxylic acids is 1. The van der Waals surface area contributed by atoms with E-state index in [1.165, 1.54) is 4.68 Å². The Kier molecular flexibility index (Phi) is 5.22. The predicted octanol–water partition coefficient (Wildman–Crippen LogP) is 0.357. The van der Waals surface area contributed by atoms with Gasteiger partial charge in [-0.1, -0.05) is 11.3 Å². The van der Waals surface area contributed by atoms with Gasteiger partial charge in [0, 0.05) is 18.5 Å². The molecule has 20 heavy (non-hydrogen) atoms. The van der Waals surface area contributed by atoms with E-state index < -0.39 is 0 Å². The molecule has 1 atom stereocenters. The van der Waals surface area contributed by atoms with Crippen molar-refractivity contribution in [1.82, 2.24) is 20.3 Å². The van der Waals surface area contributed by atoms with Crippen LogP contribution in [0.5, 0.6) is 0 Å². The topological polar surface area (TPSA) is 89.3 Å². The molecule has 0 fully saturated rings. The number of aliphatic hydroxyl groups is 1. The summed E-state index contributed by atoms with van der Waals surface area (Å²) in [5.41, 5.74) is 0.264. The third-order valence-corrected chi connectivity index (χ3v) is 3.52. The smallest absolute Gasteiger partial charge is 0.273 e. The third-order valence-electron chi connectivity index (χ3n) is 2.55. The van der Waals surface area contributed by atoms with Crippen molar-refractivity contribution in [3.63, 3.8) is 0 Å². The van der Waals surface area contributed by atoms with Crippen LogP contribution in [-0.2, 0) is 11.8 Å². The van der Waals surface area contributed by atoms with E-state index in [0.717, 1.165) is 4.88 Å². The number of nitrogens with zero attached hydrogens (tertiary/aromatic N) is 3. The molecule has 0 saturated heterocycles. The standard InChI is InChI=1S/C12H16N4O3S/c1-16-8-9(14-15-16)12(18)13-7-10(19-5-4-17)11-3-2-6-20-11/h2-3,6,8,10,17H,4-5,7H2,1H3,(H,13,18)/t10-/m1/s1. The summed E-state index contributed by atoms with van der Waals surface area (Å²) in [4.78, 5) is 12.9. The molecule has 7 nitrogen and oxygen atoms in total. The molecular weight excluding hydrogens is 280 g/mol. The van der Waals surface area contributed by atoms with E-state index in [-0.39, 0.29) is 30.9 Å². The number of aromatic nitrogens is 3. The number of aryl methyl sites for hydroxylation is 1. The largest absolute Gasteiger partial charge is 0.394 e. The SMILES string of the molecule is Cn1cc(C(=O)NC[C@@H](OCCO)c2cccs2)nn1. The van der Waals surface area contributed by atoms with Crippen molar-refractivity contribution in [3.05, 3.63) is 34.3 Å².